The Kier molecular flexibility index (Phi) is 5.77. The molecule has 0 aromatic heterocycles. The molecular weight excluding hydrogens is 196 g/mol. The fourth-order valence-corrected chi connectivity index (χ4v) is 2.78. The lowest BCUT2D eigenvalue weighted by molar-refractivity contribution is 0.171. The molecule has 0 aromatic carbocycles. The highest BCUT2D eigenvalue weighted by Crippen LogP contribution is 2.28. The second-order valence-electron chi connectivity index (χ2n) is 5.86. The Labute approximate surface area is 102 Å². The predicted octanol–water partition coefficient (Wildman–Crippen LogP) is 3.03. The first-order valence-corrected chi connectivity index (χ1v) is 7.04. The summed E-state index contributed by atoms with van der Waals surface area (Å²) in [5, 5.41) is 3.48. The van der Waals surface area contributed by atoms with E-state index < -0.39 is 0 Å². The van der Waals surface area contributed by atoms with Crippen molar-refractivity contribution in [3.8, 4) is 0 Å². The van der Waals surface area contributed by atoms with Gasteiger partial charge >= 0.3 is 0 Å². The molecule has 0 spiro atoms. The lowest BCUT2D eigenvalue weighted by atomic mass is 10.0. The van der Waals surface area contributed by atoms with E-state index in [-0.39, 0.29) is 0 Å². The molecule has 1 saturated heterocycles. The van der Waals surface area contributed by atoms with Gasteiger partial charge in [0, 0.05) is 11.6 Å². The monoisotopic (exact) mass is 226 g/mol. The number of nitrogens with zero attached hydrogens (tertiary/aromatic N) is 1. The van der Waals surface area contributed by atoms with Crippen LogP contribution in [-0.4, -0.2) is 36.1 Å². The molecule has 2 nitrogen and oxygen atoms in total. The van der Waals surface area contributed by atoms with Gasteiger partial charge in [-0.25, -0.2) is 0 Å². The fraction of sp³-hybridized carbons (Fsp3) is 1.00. The van der Waals surface area contributed by atoms with Crippen molar-refractivity contribution in [2.75, 3.05) is 19.6 Å². The van der Waals surface area contributed by atoms with Crippen molar-refractivity contribution in [3.05, 3.63) is 0 Å². The van der Waals surface area contributed by atoms with E-state index in [1.807, 2.05) is 0 Å². The summed E-state index contributed by atoms with van der Waals surface area (Å²) < 4.78 is 0. The molecule has 0 saturated carbocycles. The van der Waals surface area contributed by atoms with Crippen LogP contribution < -0.4 is 5.32 Å². The Morgan fingerprint density at radius 2 is 2.06 bits per heavy atom. The second-order valence-corrected chi connectivity index (χ2v) is 5.86. The van der Waals surface area contributed by atoms with E-state index in [0.29, 0.717) is 11.6 Å². The zero-order valence-corrected chi connectivity index (χ0v) is 11.7. The van der Waals surface area contributed by atoms with Gasteiger partial charge in [-0.15, -0.1) is 0 Å². The molecule has 1 fully saturated rings. The molecular formula is C14H30N2. The highest BCUT2D eigenvalue weighted by Gasteiger charge is 2.30. The molecule has 0 aliphatic carbocycles. The minimum absolute atomic E-state index is 0.466. The number of hydrogen-bond donors (Lipinski definition) is 1. The normalized spacial score (nSPS) is 22.5. The Hall–Kier alpha value is -0.0800. The first-order chi connectivity index (χ1) is 7.56. The predicted molar refractivity (Wildman–Crippen MR) is 71.9 cm³/mol. The maximum absolute atomic E-state index is 3.48. The third-order valence-electron chi connectivity index (χ3n) is 3.94. The molecule has 1 N–H and O–H groups in total. The van der Waals surface area contributed by atoms with Gasteiger partial charge in [-0.1, -0.05) is 13.3 Å². The molecule has 1 rings (SSSR count). The summed E-state index contributed by atoms with van der Waals surface area (Å²) in [6.07, 6.45) is 6.81. The zero-order valence-electron chi connectivity index (χ0n) is 11.7. The quantitative estimate of drug-likeness (QED) is 0.671. The number of rotatable bonds is 7. The first-order valence-electron chi connectivity index (χ1n) is 7.04. The van der Waals surface area contributed by atoms with Crippen molar-refractivity contribution in [2.45, 2.75) is 71.4 Å². The van der Waals surface area contributed by atoms with Crippen molar-refractivity contribution in [3.63, 3.8) is 0 Å². The molecule has 96 valence electrons. The Bertz CT molecular complexity index is 189. The molecule has 2 heteroatoms. The van der Waals surface area contributed by atoms with Crippen LogP contribution in [0, 0.1) is 0 Å². The van der Waals surface area contributed by atoms with Crippen LogP contribution in [0.1, 0.15) is 59.8 Å². The second kappa shape index (κ2) is 6.61. The first kappa shape index (κ1) is 14.0. The standard InChI is InChI=1S/C14H30N2/c1-5-15-13(2)9-6-7-11-16-12-8-10-14(16,3)4/h13,15H,5-12H2,1-4H3. The molecule has 1 heterocycles. The van der Waals surface area contributed by atoms with E-state index in [9.17, 15) is 0 Å². The van der Waals surface area contributed by atoms with E-state index in [2.05, 4.69) is 37.9 Å². The smallest absolute Gasteiger partial charge is 0.0153 e. The summed E-state index contributed by atoms with van der Waals surface area (Å²) in [7, 11) is 0. The minimum Gasteiger partial charge on any atom is -0.315 e. The average molecular weight is 226 g/mol. The van der Waals surface area contributed by atoms with Crippen LogP contribution >= 0.6 is 0 Å². The molecule has 0 amide bonds. The van der Waals surface area contributed by atoms with Crippen LogP contribution in [0.4, 0.5) is 0 Å². The molecule has 0 aromatic rings. The Balaban J connectivity index is 2.07. The summed E-state index contributed by atoms with van der Waals surface area (Å²) in [5.41, 5.74) is 0.466. The molecule has 16 heavy (non-hydrogen) atoms. The SMILES string of the molecule is CCNC(C)CCCCN1CCCC1(C)C. The topological polar surface area (TPSA) is 15.3 Å². The van der Waals surface area contributed by atoms with E-state index in [0.717, 1.165) is 6.54 Å². The van der Waals surface area contributed by atoms with E-state index in [1.54, 1.807) is 0 Å². The Morgan fingerprint density at radius 3 is 2.62 bits per heavy atom. The van der Waals surface area contributed by atoms with Crippen LogP contribution in [-0.2, 0) is 0 Å². The number of unbranched alkanes of at least 4 members (excludes halogenated alkanes) is 1. The number of likely N-dealkylation sites (tertiary alicyclic amines) is 1. The largest absolute Gasteiger partial charge is 0.315 e. The van der Waals surface area contributed by atoms with Gasteiger partial charge in [0.2, 0.25) is 0 Å². The third-order valence-corrected chi connectivity index (χ3v) is 3.94. The van der Waals surface area contributed by atoms with E-state index in [1.165, 1.54) is 45.2 Å². The maximum Gasteiger partial charge on any atom is 0.0153 e. The lowest BCUT2D eigenvalue weighted by Gasteiger charge is -2.31. The molecule has 1 aliphatic heterocycles. The van der Waals surface area contributed by atoms with Crippen molar-refractivity contribution in [2.24, 2.45) is 0 Å². The fourth-order valence-electron chi connectivity index (χ4n) is 2.78. The van der Waals surface area contributed by atoms with Crippen LogP contribution in [0.25, 0.3) is 0 Å². The van der Waals surface area contributed by atoms with Gasteiger partial charge < -0.3 is 5.32 Å². The Morgan fingerprint density at radius 1 is 1.31 bits per heavy atom. The van der Waals surface area contributed by atoms with E-state index >= 15 is 0 Å². The maximum atomic E-state index is 3.48. The summed E-state index contributed by atoms with van der Waals surface area (Å²) in [6, 6.07) is 0.691. The van der Waals surface area contributed by atoms with Crippen molar-refractivity contribution >= 4 is 0 Å². The van der Waals surface area contributed by atoms with Crippen LogP contribution in [0.3, 0.4) is 0 Å². The summed E-state index contributed by atoms with van der Waals surface area (Å²) >= 11 is 0. The zero-order chi connectivity index (χ0) is 12.0. The lowest BCUT2D eigenvalue weighted by Crippen LogP contribution is -2.38. The highest BCUT2D eigenvalue weighted by atomic mass is 15.2. The van der Waals surface area contributed by atoms with Crippen LogP contribution in [0.15, 0.2) is 0 Å². The number of nitrogens with one attached hydrogen (secondary N) is 1. The molecule has 1 aliphatic rings. The van der Waals surface area contributed by atoms with Gasteiger partial charge in [-0.05, 0) is 66.1 Å². The van der Waals surface area contributed by atoms with E-state index in [4.69, 9.17) is 0 Å². The summed E-state index contributed by atoms with van der Waals surface area (Å²) in [5.74, 6) is 0. The van der Waals surface area contributed by atoms with Gasteiger partial charge in [-0.2, -0.15) is 0 Å². The van der Waals surface area contributed by atoms with Crippen LogP contribution in [0.2, 0.25) is 0 Å². The van der Waals surface area contributed by atoms with Gasteiger partial charge in [0.1, 0.15) is 0 Å². The summed E-state index contributed by atoms with van der Waals surface area (Å²) in [4.78, 5) is 2.67. The molecule has 1 unspecified atom stereocenters. The van der Waals surface area contributed by atoms with Gasteiger partial charge in [-0.3, -0.25) is 4.90 Å². The van der Waals surface area contributed by atoms with Gasteiger partial charge in [0.05, 0.1) is 0 Å². The highest BCUT2D eigenvalue weighted by molar-refractivity contribution is 4.87. The summed E-state index contributed by atoms with van der Waals surface area (Å²) in [6.45, 7) is 13.0. The van der Waals surface area contributed by atoms with Crippen molar-refractivity contribution in [1.29, 1.82) is 0 Å². The van der Waals surface area contributed by atoms with Crippen molar-refractivity contribution < 1.29 is 0 Å². The average Bonchev–Trinajstić information content (AvgIpc) is 2.53. The van der Waals surface area contributed by atoms with Gasteiger partial charge in [0.25, 0.3) is 0 Å². The number of hydrogen-bond acceptors (Lipinski definition) is 2. The van der Waals surface area contributed by atoms with Crippen LogP contribution in [0.5, 0.6) is 0 Å². The minimum atomic E-state index is 0.466. The van der Waals surface area contributed by atoms with Gasteiger partial charge in [0.15, 0.2) is 0 Å². The molecule has 0 bridgehead atoms. The molecule has 0 radical (unpaired) electrons. The third kappa shape index (κ3) is 4.42. The van der Waals surface area contributed by atoms with Crippen molar-refractivity contribution in [1.82, 2.24) is 10.2 Å². The molecule has 1 atom stereocenters.